The van der Waals surface area contributed by atoms with E-state index in [9.17, 15) is 29.1 Å². The molecule has 0 aromatic carbocycles. The minimum Gasteiger partial charge on any atom is -0.481 e. The highest BCUT2D eigenvalue weighted by atomic mass is 16.4. The Labute approximate surface area is 178 Å². The maximum Gasteiger partial charge on any atom is 0.328 e. The second-order valence-electron chi connectivity index (χ2n) is 6.86. The molecule has 0 bridgehead atoms. The van der Waals surface area contributed by atoms with Crippen molar-refractivity contribution in [1.82, 2.24) is 16.0 Å². The molecule has 0 aliphatic rings. The van der Waals surface area contributed by atoms with Gasteiger partial charge in [0.1, 0.15) is 18.1 Å². The van der Waals surface area contributed by atoms with E-state index in [0.29, 0.717) is 19.4 Å². The Balaban J connectivity index is 5.34. The van der Waals surface area contributed by atoms with Gasteiger partial charge in [0.25, 0.3) is 0 Å². The first-order chi connectivity index (χ1) is 14.4. The number of hydrogen-bond donors (Lipinski definition) is 9. The van der Waals surface area contributed by atoms with Crippen LogP contribution in [0.5, 0.6) is 0 Å². The third kappa shape index (κ3) is 10.7. The van der Waals surface area contributed by atoms with Gasteiger partial charge in [-0.05, 0) is 32.7 Å². The van der Waals surface area contributed by atoms with E-state index in [-0.39, 0.29) is 6.42 Å². The van der Waals surface area contributed by atoms with Crippen molar-refractivity contribution >= 4 is 29.7 Å². The summed E-state index contributed by atoms with van der Waals surface area (Å²) in [5.74, 6) is -5.70. The molecule has 0 aromatic heterocycles. The summed E-state index contributed by atoms with van der Waals surface area (Å²) < 4.78 is 0. The second kappa shape index (κ2) is 14.2. The molecule has 14 heteroatoms. The number of rotatable bonds is 15. The first kappa shape index (κ1) is 28.2. The quantitative estimate of drug-likeness (QED) is 0.108. The molecule has 5 unspecified atom stereocenters. The summed E-state index contributed by atoms with van der Waals surface area (Å²) in [4.78, 5) is 58.7. The van der Waals surface area contributed by atoms with Crippen LogP contribution in [0.3, 0.4) is 0 Å². The number of carboxylic acid groups (broad SMARTS) is 2. The first-order valence-corrected chi connectivity index (χ1v) is 9.54. The van der Waals surface area contributed by atoms with Gasteiger partial charge in [0.2, 0.25) is 17.7 Å². The second-order valence-corrected chi connectivity index (χ2v) is 6.86. The molecule has 178 valence electrons. The van der Waals surface area contributed by atoms with Gasteiger partial charge in [0, 0.05) is 0 Å². The molecule has 0 rings (SSSR count). The van der Waals surface area contributed by atoms with Crippen LogP contribution in [0.2, 0.25) is 0 Å². The standard InChI is InChI=1S/C17H31N5O9/c1-8(24)13(22-14(27)9(19)6-12(25)26)16(29)20-10(4-2-3-5-18)15(28)21-11(7-23)17(30)31/h8-11,13,23-24H,2-7,18-19H2,1H3,(H,20,29)(H,21,28)(H,22,27)(H,25,26)(H,30,31). The maximum atomic E-state index is 12.6. The number of nitrogens with two attached hydrogens (primary N) is 2. The van der Waals surface area contributed by atoms with Gasteiger partial charge in [-0.15, -0.1) is 0 Å². The van der Waals surface area contributed by atoms with Crippen molar-refractivity contribution in [3.05, 3.63) is 0 Å². The molecule has 0 saturated carbocycles. The number of carbonyl (C=O) groups is 5. The van der Waals surface area contributed by atoms with Gasteiger partial charge in [0.15, 0.2) is 0 Å². The number of nitrogens with one attached hydrogen (secondary N) is 3. The Morgan fingerprint density at radius 2 is 1.48 bits per heavy atom. The Hall–Kier alpha value is -2.81. The number of carboxylic acids is 2. The number of aliphatic hydroxyl groups is 2. The summed E-state index contributed by atoms with van der Waals surface area (Å²) in [7, 11) is 0. The molecule has 11 N–H and O–H groups in total. The van der Waals surface area contributed by atoms with Gasteiger partial charge in [0.05, 0.1) is 25.2 Å². The van der Waals surface area contributed by atoms with Gasteiger partial charge in [-0.3, -0.25) is 19.2 Å². The molecular weight excluding hydrogens is 418 g/mol. The zero-order valence-electron chi connectivity index (χ0n) is 17.1. The average molecular weight is 449 g/mol. The number of amides is 3. The van der Waals surface area contributed by atoms with Crippen molar-refractivity contribution in [2.75, 3.05) is 13.2 Å². The molecule has 14 nitrogen and oxygen atoms in total. The van der Waals surface area contributed by atoms with Crippen molar-refractivity contribution in [3.8, 4) is 0 Å². The average Bonchev–Trinajstić information content (AvgIpc) is 2.67. The fraction of sp³-hybridized carbons (Fsp3) is 0.706. The van der Waals surface area contributed by atoms with Crippen molar-refractivity contribution in [2.24, 2.45) is 11.5 Å². The lowest BCUT2D eigenvalue weighted by Gasteiger charge is -2.26. The van der Waals surface area contributed by atoms with Crippen LogP contribution in [-0.4, -0.2) is 93.5 Å². The van der Waals surface area contributed by atoms with Gasteiger partial charge in [-0.1, -0.05) is 0 Å². The highest BCUT2D eigenvalue weighted by molar-refractivity contribution is 5.95. The Bertz CT molecular complexity index is 643. The van der Waals surface area contributed by atoms with Crippen LogP contribution in [-0.2, 0) is 24.0 Å². The van der Waals surface area contributed by atoms with Crippen LogP contribution in [0.15, 0.2) is 0 Å². The molecule has 0 aromatic rings. The van der Waals surface area contributed by atoms with E-state index in [1.54, 1.807) is 0 Å². The smallest absolute Gasteiger partial charge is 0.328 e. The monoisotopic (exact) mass is 449 g/mol. The fourth-order valence-corrected chi connectivity index (χ4v) is 2.43. The molecule has 0 aliphatic carbocycles. The molecule has 31 heavy (non-hydrogen) atoms. The van der Waals surface area contributed by atoms with Gasteiger partial charge in [-0.2, -0.15) is 0 Å². The van der Waals surface area contributed by atoms with Crippen LogP contribution >= 0.6 is 0 Å². The van der Waals surface area contributed by atoms with Gasteiger partial charge < -0.3 is 47.8 Å². The minimum absolute atomic E-state index is 0.0611. The lowest BCUT2D eigenvalue weighted by Crippen LogP contribution is -2.60. The number of unbranched alkanes of at least 4 members (excludes halogenated alkanes) is 1. The summed E-state index contributed by atoms with van der Waals surface area (Å²) >= 11 is 0. The van der Waals surface area contributed by atoms with Crippen molar-refractivity contribution in [2.45, 2.75) is 62.9 Å². The predicted octanol–water partition coefficient (Wildman–Crippen LogP) is -4.17. The molecule has 0 fully saturated rings. The van der Waals surface area contributed by atoms with E-state index in [1.165, 1.54) is 6.92 Å². The van der Waals surface area contributed by atoms with Gasteiger partial charge >= 0.3 is 11.9 Å². The van der Waals surface area contributed by atoms with E-state index >= 15 is 0 Å². The number of hydrogen-bond acceptors (Lipinski definition) is 9. The zero-order chi connectivity index (χ0) is 24.1. The molecule has 0 heterocycles. The third-order valence-corrected chi connectivity index (χ3v) is 4.17. The molecule has 0 radical (unpaired) electrons. The van der Waals surface area contributed by atoms with E-state index < -0.39 is 73.0 Å². The van der Waals surface area contributed by atoms with Crippen LogP contribution in [0.4, 0.5) is 0 Å². The molecule has 5 atom stereocenters. The zero-order valence-corrected chi connectivity index (χ0v) is 17.1. The fourth-order valence-electron chi connectivity index (χ4n) is 2.43. The number of aliphatic hydroxyl groups excluding tert-OH is 2. The van der Waals surface area contributed by atoms with E-state index in [0.717, 1.165) is 0 Å². The van der Waals surface area contributed by atoms with E-state index in [1.807, 2.05) is 0 Å². The van der Waals surface area contributed by atoms with Crippen LogP contribution in [0.25, 0.3) is 0 Å². The Morgan fingerprint density at radius 1 is 0.903 bits per heavy atom. The predicted molar refractivity (Wildman–Crippen MR) is 105 cm³/mol. The normalized spacial score (nSPS) is 15.6. The molecule has 3 amide bonds. The maximum absolute atomic E-state index is 12.6. The van der Waals surface area contributed by atoms with Crippen LogP contribution < -0.4 is 27.4 Å². The topological polar surface area (TPSA) is 254 Å². The summed E-state index contributed by atoms with van der Waals surface area (Å²) in [5, 5.41) is 43.1. The summed E-state index contributed by atoms with van der Waals surface area (Å²) in [6.07, 6.45) is -1.19. The lowest BCUT2D eigenvalue weighted by molar-refractivity contribution is -0.143. The number of aliphatic carboxylic acids is 2. The SMILES string of the molecule is CC(O)C(NC(=O)C(N)CC(=O)O)C(=O)NC(CCCCN)C(=O)NC(CO)C(=O)O. The Kier molecular flexibility index (Phi) is 12.9. The summed E-state index contributed by atoms with van der Waals surface area (Å²) in [6, 6.07) is -5.89. The summed E-state index contributed by atoms with van der Waals surface area (Å²) in [6.45, 7) is 0.617. The molecule has 0 spiro atoms. The molecule has 0 aliphatic heterocycles. The highest BCUT2D eigenvalue weighted by Gasteiger charge is 2.32. The largest absolute Gasteiger partial charge is 0.481 e. The van der Waals surface area contributed by atoms with Gasteiger partial charge in [-0.25, -0.2) is 4.79 Å². The van der Waals surface area contributed by atoms with Crippen molar-refractivity contribution in [1.29, 1.82) is 0 Å². The Morgan fingerprint density at radius 3 is 1.94 bits per heavy atom. The van der Waals surface area contributed by atoms with Crippen LogP contribution in [0, 0.1) is 0 Å². The van der Waals surface area contributed by atoms with Crippen molar-refractivity contribution < 1.29 is 44.4 Å². The minimum atomic E-state index is -1.59. The van der Waals surface area contributed by atoms with E-state index in [4.69, 9.17) is 26.8 Å². The van der Waals surface area contributed by atoms with Crippen molar-refractivity contribution in [3.63, 3.8) is 0 Å². The lowest BCUT2D eigenvalue weighted by atomic mass is 10.1. The highest BCUT2D eigenvalue weighted by Crippen LogP contribution is 2.04. The molecule has 0 saturated heterocycles. The summed E-state index contributed by atoms with van der Waals surface area (Å²) in [5.41, 5.74) is 10.8. The van der Waals surface area contributed by atoms with Crippen LogP contribution in [0.1, 0.15) is 32.6 Å². The number of carbonyl (C=O) groups excluding carboxylic acids is 3. The first-order valence-electron chi connectivity index (χ1n) is 9.54. The van der Waals surface area contributed by atoms with E-state index in [2.05, 4.69) is 16.0 Å². The third-order valence-electron chi connectivity index (χ3n) is 4.17. The molecular formula is C17H31N5O9.